The summed E-state index contributed by atoms with van der Waals surface area (Å²) in [6.45, 7) is 3.87. The van der Waals surface area contributed by atoms with Gasteiger partial charge in [-0.15, -0.1) is 0 Å². The van der Waals surface area contributed by atoms with E-state index in [1.165, 1.54) is 83.0 Å². The fraction of sp³-hybridized carbons (Fsp3) is 0.714. The first kappa shape index (κ1) is 17.0. The van der Waals surface area contributed by atoms with Crippen LogP contribution >= 0.6 is 0 Å². The van der Waals surface area contributed by atoms with E-state index in [2.05, 4.69) is 47.6 Å². The van der Waals surface area contributed by atoms with Crippen molar-refractivity contribution in [2.24, 2.45) is 5.92 Å². The quantitative estimate of drug-likeness (QED) is 0.809. The van der Waals surface area contributed by atoms with E-state index in [9.17, 15) is 0 Å². The molecule has 0 unspecified atom stereocenters. The second-order valence-electron chi connectivity index (χ2n) is 7.74. The van der Waals surface area contributed by atoms with E-state index in [1.54, 1.807) is 0 Å². The first-order valence-electron chi connectivity index (χ1n) is 9.76. The van der Waals surface area contributed by atoms with E-state index in [0.717, 1.165) is 5.92 Å². The van der Waals surface area contributed by atoms with Crippen LogP contribution in [-0.4, -0.2) is 37.1 Å². The molecule has 1 N–H and O–H groups in total. The fourth-order valence-electron chi connectivity index (χ4n) is 4.79. The molecule has 1 aliphatic carbocycles. The average Bonchev–Trinajstić information content (AvgIpc) is 3.15. The number of likely N-dealkylation sites (tertiary alicyclic amines) is 1. The third-order valence-corrected chi connectivity index (χ3v) is 6.34. The number of nitrogens with one attached hydrogen (secondary N) is 1. The Hall–Kier alpha value is -0.860. The van der Waals surface area contributed by atoms with Crippen LogP contribution in [0, 0.1) is 5.92 Å². The van der Waals surface area contributed by atoms with Crippen molar-refractivity contribution in [3.05, 3.63) is 35.9 Å². The Bertz CT molecular complexity index is 442. The maximum absolute atomic E-state index is 3.33. The SMILES string of the molecule is CNCCC1CCC(CCc2ccccc2)(N2CCCC2)CC1. The molecule has 0 radical (unpaired) electrons. The van der Waals surface area contributed by atoms with Gasteiger partial charge in [-0.3, -0.25) is 4.90 Å². The molecule has 1 aromatic carbocycles. The van der Waals surface area contributed by atoms with Crippen molar-refractivity contribution >= 4 is 0 Å². The molecule has 0 amide bonds. The highest BCUT2D eigenvalue weighted by atomic mass is 15.2. The van der Waals surface area contributed by atoms with Gasteiger partial charge in [0.1, 0.15) is 0 Å². The van der Waals surface area contributed by atoms with E-state index in [-0.39, 0.29) is 0 Å². The predicted octanol–water partition coefficient (Wildman–Crippen LogP) is 4.25. The van der Waals surface area contributed by atoms with Gasteiger partial charge in [0.15, 0.2) is 0 Å². The molecule has 1 aliphatic heterocycles. The van der Waals surface area contributed by atoms with Gasteiger partial charge in [0.25, 0.3) is 0 Å². The molecule has 2 heteroatoms. The lowest BCUT2D eigenvalue weighted by atomic mass is 9.72. The van der Waals surface area contributed by atoms with Crippen molar-refractivity contribution in [2.45, 2.75) is 63.3 Å². The zero-order chi connectivity index (χ0) is 16.0. The Morgan fingerprint density at radius 3 is 2.43 bits per heavy atom. The van der Waals surface area contributed by atoms with Crippen LogP contribution < -0.4 is 5.32 Å². The molecule has 1 aromatic rings. The minimum Gasteiger partial charge on any atom is -0.320 e. The van der Waals surface area contributed by atoms with Crippen LogP contribution in [0.4, 0.5) is 0 Å². The number of rotatable bonds is 7. The van der Waals surface area contributed by atoms with Crippen molar-refractivity contribution in [2.75, 3.05) is 26.7 Å². The maximum Gasteiger partial charge on any atom is 0.0213 e. The van der Waals surface area contributed by atoms with Crippen LogP contribution in [0.3, 0.4) is 0 Å². The summed E-state index contributed by atoms with van der Waals surface area (Å²) in [4.78, 5) is 2.87. The molecule has 2 nitrogen and oxygen atoms in total. The van der Waals surface area contributed by atoms with Gasteiger partial charge in [-0.05, 0) is 96.0 Å². The van der Waals surface area contributed by atoms with E-state index < -0.39 is 0 Å². The number of hydrogen-bond acceptors (Lipinski definition) is 2. The molecule has 0 spiro atoms. The molecule has 3 rings (SSSR count). The van der Waals surface area contributed by atoms with Crippen LogP contribution in [-0.2, 0) is 6.42 Å². The summed E-state index contributed by atoms with van der Waals surface area (Å²) in [7, 11) is 2.08. The lowest BCUT2D eigenvalue weighted by molar-refractivity contribution is 0.0465. The predicted molar refractivity (Wildman–Crippen MR) is 98.8 cm³/mol. The van der Waals surface area contributed by atoms with Gasteiger partial charge >= 0.3 is 0 Å². The molecule has 0 atom stereocenters. The van der Waals surface area contributed by atoms with Crippen molar-refractivity contribution < 1.29 is 0 Å². The second kappa shape index (κ2) is 8.30. The summed E-state index contributed by atoms with van der Waals surface area (Å²) in [5.74, 6) is 0.954. The van der Waals surface area contributed by atoms with Crippen molar-refractivity contribution in [1.82, 2.24) is 10.2 Å². The van der Waals surface area contributed by atoms with Gasteiger partial charge in [-0.25, -0.2) is 0 Å². The molecule has 23 heavy (non-hydrogen) atoms. The summed E-state index contributed by atoms with van der Waals surface area (Å²) in [5, 5.41) is 3.33. The summed E-state index contributed by atoms with van der Waals surface area (Å²) >= 11 is 0. The summed E-state index contributed by atoms with van der Waals surface area (Å²) < 4.78 is 0. The molecule has 0 aromatic heterocycles. The number of hydrogen-bond donors (Lipinski definition) is 1. The smallest absolute Gasteiger partial charge is 0.0213 e. The standard InChI is InChI=1S/C21H34N2/c1-22-16-12-20-10-14-21(15-11-20,23-17-5-6-18-23)13-9-19-7-3-2-4-8-19/h2-4,7-8,20,22H,5-6,9-18H2,1H3. The van der Waals surface area contributed by atoms with Gasteiger partial charge in [0.05, 0.1) is 0 Å². The lowest BCUT2D eigenvalue weighted by Crippen LogP contribution is -2.50. The van der Waals surface area contributed by atoms with Gasteiger partial charge in [-0.2, -0.15) is 0 Å². The Kier molecular flexibility index (Phi) is 6.13. The highest BCUT2D eigenvalue weighted by Gasteiger charge is 2.40. The lowest BCUT2D eigenvalue weighted by Gasteiger charge is -2.47. The van der Waals surface area contributed by atoms with Gasteiger partial charge in [0, 0.05) is 5.54 Å². The van der Waals surface area contributed by atoms with E-state index in [0.29, 0.717) is 5.54 Å². The van der Waals surface area contributed by atoms with Crippen molar-refractivity contribution in [1.29, 1.82) is 0 Å². The van der Waals surface area contributed by atoms with E-state index in [4.69, 9.17) is 0 Å². The van der Waals surface area contributed by atoms with E-state index in [1.807, 2.05) is 0 Å². The molecule has 0 bridgehead atoms. The van der Waals surface area contributed by atoms with Gasteiger partial charge in [-0.1, -0.05) is 30.3 Å². The molecule has 128 valence electrons. The summed E-state index contributed by atoms with van der Waals surface area (Å²) in [6.07, 6.45) is 12.5. The fourth-order valence-corrected chi connectivity index (χ4v) is 4.79. The number of aryl methyl sites for hydroxylation is 1. The zero-order valence-electron chi connectivity index (χ0n) is 14.9. The molecular formula is C21H34N2. The van der Waals surface area contributed by atoms with Gasteiger partial charge in [0.2, 0.25) is 0 Å². The monoisotopic (exact) mass is 314 g/mol. The largest absolute Gasteiger partial charge is 0.320 e. The molecule has 1 saturated heterocycles. The Morgan fingerprint density at radius 2 is 1.78 bits per heavy atom. The van der Waals surface area contributed by atoms with Crippen LogP contribution in [0.2, 0.25) is 0 Å². The third kappa shape index (κ3) is 4.36. The average molecular weight is 315 g/mol. The molecule has 1 heterocycles. The molecule has 2 aliphatic rings. The highest BCUT2D eigenvalue weighted by molar-refractivity contribution is 5.15. The molecular weight excluding hydrogens is 280 g/mol. The molecule has 1 saturated carbocycles. The molecule has 2 fully saturated rings. The first-order valence-corrected chi connectivity index (χ1v) is 9.76. The number of benzene rings is 1. The summed E-state index contributed by atoms with van der Waals surface area (Å²) in [6, 6.07) is 11.1. The normalized spacial score (nSPS) is 29.0. The van der Waals surface area contributed by atoms with Crippen LogP contribution in [0.15, 0.2) is 30.3 Å². The highest BCUT2D eigenvalue weighted by Crippen LogP contribution is 2.42. The maximum atomic E-state index is 3.33. The minimum atomic E-state index is 0.502. The summed E-state index contributed by atoms with van der Waals surface area (Å²) in [5.41, 5.74) is 2.02. The minimum absolute atomic E-state index is 0.502. The Labute approximate surface area is 142 Å². The van der Waals surface area contributed by atoms with Crippen LogP contribution in [0.25, 0.3) is 0 Å². The van der Waals surface area contributed by atoms with Crippen molar-refractivity contribution in [3.8, 4) is 0 Å². The van der Waals surface area contributed by atoms with Crippen LogP contribution in [0.5, 0.6) is 0 Å². The Morgan fingerprint density at radius 1 is 1.09 bits per heavy atom. The number of nitrogens with zero attached hydrogens (tertiary/aromatic N) is 1. The Balaban J connectivity index is 1.61. The second-order valence-corrected chi connectivity index (χ2v) is 7.74. The van der Waals surface area contributed by atoms with Crippen LogP contribution in [0.1, 0.15) is 56.9 Å². The zero-order valence-corrected chi connectivity index (χ0v) is 14.9. The van der Waals surface area contributed by atoms with Crippen molar-refractivity contribution in [3.63, 3.8) is 0 Å². The first-order chi connectivity index (χ1) is 11.3. The van der Waals surface area contributed by atoms with E-state index >= 15 is 0 Å². The van der Waals surface area contributed by atoms with Gasteiger partial charge < -0.3 is 5.32 Å². The third-order valence-electron chi connectivity index (χ3n) is 6.34. The topological polar surface area (TPSA) is 15.3 Å².